The van der Waals surface area contributed by atoms with Crippen LogP contribution in [0.3, 0.4) is 0 Å². The van der Waals surface area contributed by atoms with Crippen molar-refractivity contribution in [3.63, 3.8) is 0 Å². The quantitative estimate of drug-likeness (QED) is 0.198. The molecule has 0 saturated carbocycles. The zero-order valence-electron chi connectivity index (χ0n) is 17.8. The second kappa shape index (κ2) is 6.79. The molecule has 4 aromatic rings. The van der Waals surface area contributed by atoms with Crippen molar-refractivity contribution < 1.29 is 4.79 Å². The van der Waals surface area contributed by atoms with Crippen LogP contribution in [0.2, 0.25) is 0 Å². The zero-order chi connectivity index (χ0) is 22.2. The Bertz CT molecular complexity index is 1530. The van der Waals surface area contributed by atoms with E-state index in [0.717, 1.165) is 16.2 Å². The van der Waals surface area contributed by atoms with Gasteiger partial charge in [0.1, 0.15) is 6.29 Å². The minimum Gasteiger partial charge on any atom is -0.299 e. The van der Waals surface area contributed by atoms with Gasteiger partial charge in [0.15, 0.2) is 7.28 Å². The molecule has 0 amide bonds. The van der Waals surface area contributed by atoms with Gasteiger partial charge in [-0.05, 0) is 67.7 Å². The van der Waals surface area contributed by atoms with E-state index in [1.54, 1.807) is 0 Å². The van der Waals surface area contributed by atoms with Crippen molar-refractivity contribution in [2.45, 2.75) is 5.41 Å². The van der Waals surface area contributed by atoms with Crippen molar-refractivity contribution in [2.24, 2.45) is 0 Å². The Labute approximate surface area is 201 Å². The Morgan fingerprint density at radius 1 is 0.667 bits per heavy atom. The minimum atomic E-state index is -0.349. The third-order valence-electron chi connectivity index (χ3n) is 7.47. The molecule has 0 saturated heterocycles. The molecule has 1 heterocycles. The molecule has 0 bridgehead atoms. The largest absolute Gasteiger partial charge is 0.299 e. The van der Waals surface area contributed by atoms with Gasteiger partial charge in [0.2, 0.25) is 0 Å². The lowest BCUT2D eigenvalue weighted by atomic mass is 9.63. The summed E-state index contributed by atoms with van der Waals surface area (Å²) in [6, 6.07) is 31.2. The summed E-state index contributed by atoms with van der Waals surface area (Å²) < 4.78 is 1.09. The second-order valence-corrected chi connectivity index (χ2v) is 9.94. The smallest absolute Gasteiger partial charge is 0.197 e. The lowest BCUT2D eigenvalue weighted by Gasteiger charge is -2.31. The van der Waals surface area contributed by atoms with Gasteiger partial charge in [0, 0.05) is 4.47 Å². The van der Waals surface area contributed by atoms with Gasteiger partial charge in [-0.2, -0.15) is 0 Å². The number of rotatable bonds is 2. The molecule has 1 aliphatic heterocycles. The van der Waals surface area contributed by atoms with Crippen LogP contribution >= 0.6 is 15.9 Å². The number of aldehydes is 1. The molecule has 1 spiro atoms. The number of hydrogen-bond donors (Lipinski definition) is 0. The van der Waals surface area contributed by atoms with Crippen LogP contribution in [0.1, 0.15) is 27.8 Å². The van der Waals surface area contributed by atoms with Gasteiger partial charge in [0.05, 0.1) is 5.41 Å². The fraction of sp³-hybridized carbons (Fsp3) is 0.0333. The third kappa shape index (κ3) is 2.41. The zero-order valence-corrected chi connectivity index (χ0v) is 19.4. The van der Waals surface area contributed by atoms with Gasteiger partial charge in [-0.1, -0.05) is 106 Å². The molecule has 33 heavy (non-hydrogen) atoms. The molecule has 0 aromatic heterocycles. The average molecular weight is 485 g/mol. The molecule has 7 rings (SSSR count). The molecular weight excluding hydrogens is 467 g/mol. The van der Waals surface area contributed by atoms with Crippen LogP contribution in [-0.2, 0) is 10.2 Å². The van der Waals surface area contributed by atoms with Crippen molar-refractivity contribution in [1.29, 1.82) is 0 Å². The summed E-state index contributed by atoms with van der Waals surface area (Å²) in [5.41, 5.74) is 13.4. The molecule has 154 valence electrons. The first-order chi connectivity index (χ1) is 16.2. The van der Waals surface area contributed by atoms with Gasteiger partial charge >= 0.3 is 0 Å². The Balaban J connectivity index is 1.58. The van der Waals surface area contributed by atoms with E-state index in [4.69, 9.17) is 0 Å². The maximum absolute atomic E-state index is 11.3. The van der Waals surface area contributed by atoms with Crippen LogP contribution in [0.4, 0.5) is 0 Å². The molecular formula is C30H18BBrO. The van der Waals surface area contributed by atoms with E-state index in [2.05, 4.69) is 107 Å². The van der Waals surface area contributed by atoms with Crippen LogP contribution in [-0.4, -0.2) is 13.6 Å². The number of carbonyl (C=O) groups is 1. The van der Waals surface area contributed by atoms with Gasteiger partial charge in [0.25, 0.3) is 0 Å². The molecule has 0 atom stereocenters. The highest BCUT2D eigenvalue weighted by Crippen LogP contribution is 2.63. The maximum atomic E-state index is 11.3. The first kappa shape index (κ1) is 19.1. The molecule has 0 unspecified atom stereocenters. The lowest BCUT2D eigenvalue weighted by molar-refractivity contribution is -0.104. The second-order valence-electron chi connectivity index (χ2n) is 9.02. The normalized spacial score (nSPS) is 15.8. The van der Waals surface area contributed by atoms with E-state index in [1.807, 2.05) is 6.08 Å². The van der Waals surface area contributed by atoms with Crippen LogP contribution < -0.4 is 0 Å². The molecule has 3 heteroatoms. The monoisotopic (exact) mass is 484 g/mol. The molecule has 1 nitrogen and oxygen atoms in total. The summed E-state index contributed by atoms with van der Waals surface area (Å²) >= 11 is 3.75. The highest BCUT2D eigenvalue weighted by Gasteiger charge is 2.51. The fourth-order valence-electron chi connectivity index (χ4n) is 6.14. The molecule has 2 aliphatic carbocycles. The molecule has 0 N–H and O–H groups in total. The predicted octanol–water partition coefficient (Wildman–Crippen LogP) is 6.67. The van der Waals surface area contributed by atoms with E-state index in [1.165, 1.54) is 55.5 Å². The Kier molecular flexibility index (Phi) is 3.93. The topological polar surface area (TPSA) is 17.1 Å². The third-order valence-corrected chi connectivity index (χ3v) is 7.96. The van der Waals surface area contributed by atoms with Crippen LogP contribution in [0, 0.1) is 0 Å². The number of fused-ring (bicyclic) bond motifs is 10. The standard InChI is InChI=1S/C30H18BBrO/c32-20-11-13-24-23-12-9-18(29-14-10-19(17-33)31-29)15-27(23)30(28(24)16-20)25-7-3-1-5-21(25)22-6-2-4-8-26(22)30/h1-17,31H. The van der Waals surface area contributed by atoms with E-state index < -0.39 is 0 Å². The summed E-state index contributed by atoms with van der Waals surface area (Å²) in [6.45, 7) is 0. The summed E-state index contributed by atoms with van der Waals surface area (Å²) in [7, 11) is 0.695. The molecule has 0 fully saturated rings. The summed E-state index contributed by atoms with van der Waals surface area (Å²) in [4.78, 5) is 11.3. The van der Waals surface area contributed by atoms with Crippen molar-refractivity contribution in [1.82, 2.24) is 0 Å². The van der Waals surface area contributed by atoms with Crippen molar-refractivity contribution in [3.05, 3.63) is 135 Å². The molecule has 0 radical (unpaired) electrons. The number of hydrogen-bond acceptors (Lipinski definition) is 1. The van der Waals surface area contributed by atoms with E-state index in [-0.39, 0.29) is 5.41 Å². The molecule has 3 aliphatic rings. The van der Waals surface area contributed by atoms with Crippen molar-refractivity contribution in [2.75, 3.05) is 0 Å². The van der Waals surface area contributed by atoms with Gasteiger partial charge in [-0.15, -0.1) is 0 Å². The highest BCUT2D eigenvalue weighted by molar-refractivity contribution is 9.10. The van der Waals surface area contributed by atoms with Crippen molar-refractivity contribution in [3.8, 4) is 22.3 Å². The Hall–Kier alpha value is -3.43. The number of halogens is 1. The first-order valence-electron chi connectivity index (χ1n) is 11.2. The van der Waals surface area contributed by atoms with E-state index >= 15 is 0 Å². The van der Waals surface area contributed by atoms with Crippen LogP contribution in [0.15, 0.2) is 107 Å². The average Bonchev–Trinajstić information content (AvgIpc) is 3.53. The van der Waals surface area contributed by atoms with Crippen LogP contribution in [0.5, 0.6) is 0 Å². The van der Waals surface area contributed by atoms with Gasteiger partial charge in [-0.25, -0.2) is 0 Å². The molecule has 4 aromatic carbocycles. The summed E-state index contributed by atoms with van der Waals surface area (Å²) in [5, 5.41) is 0. The summed E-state index contributed by atoms with van der Waals surface area (Å²) in [6.07, 6.45) is 5.00. The highest BCUT2D eigenvalue weighted by atomic mass is 79.9. The fourth-order valence-corrected chi connectivity index (χ4v) is 6.50. The Morgan fingerprint density at radius 3 is 1.94 bits per heavy atom. The SMILES string of the molecule is O=CC1=CC=C(c2ccc3c(c2)C2(c4ccccc4-c4ccccc42)c2cc(Br)ccc2-3)B1. The predicted molar refractivity (Wildman–Crippen MR) is 140 cm³/mol. The Morgan fingerprint density at radius 2 is 1.27 bits per heavy atom. The summed E-state index contributed by atoms with van der Waals surface area (Å²) in [5.74, 6) is 0. The van der Waals surface area contributed by atoms with Crippen molar-refractivity contribution >= 4 is 35.0 Å². The number of allylic oxidation sites excluding steroid dienone is 3. The van der Waals surface area contributed by atoms with E-state index in [0.29, 0.717) is 7.28 Å². The van der Waals surface area contributed by atoms with Gasteiger partial charge in [-0.3, -0.25) is 4.79 Å². The number of benzene rings is 4. The van der Waals surface area contributed by atoms with Gasteiger partial charge < -0.3 is 0 Å². The maximum Gasteiger partial charge on any atom is 0.197 e. The lowest BCUT2D eigenvalue weighted by Crippen LogP contribution is -2.26. The number of carbonyl (C=O) groups excluding carboxylic acids is 1. The minimum absolute atomic E-state index is 0.349. The van der Waals surface area contributed by atoms with E-state index in [9.17, 15) is 4.79 Å². The first-order valence-corrected chi connectivity index (χ1v) is 12.0. The van der Waals surface area contributed by atoms with Crippen LogP contribution in [0.25, 0.3) is 27.7 Å².